The number of aryl methyl sites for hydroxylation is 2. The lowest BCUT2D eigenvalue weighted by atomic mass is 9.89. The van der Waals surface area contributed by atoms with E-state index in [2.05, 4.69) is 49.4 Å². The molecule has 32 heavy (non-hydrogen) atoms. The minimum Gasteiger partial charge on any atom is -0.392 e. The van der Waals surface area contributed by atoms with E-state index in [9.17, 15) is 9.90 Å². The Morgan fingerprint density at radius 2 is 2.12 bits per heavy atom. The molecule has 1 saturated carbocycles. The average Bonchev–Trinajstić information content (AvgIpc) is 3.31. The van der Waals surface area contributed by atoms with Crippen molar-refractivity contribution < 1.29 is 19.4 Å². The normalized spacial score (nSPS) is 27.7. The van der Waals surface area contributed by atoms with Gasteiger partial charge in [-0.2, -0.15) is 0 Å². The number of carbonyl (C=O) groups is 1. The van der Waals surface area contributed by atoms with Crippen LogP contribution in [0.4, 0.5) is 0 Å². The highest BCUT2D eigenvalue weighted by atomic mass is 16.5. The van der Waals surface area contributed by atoms with Gasteiger partial charge < -0.3 is 19.5 Å². The van der Waals surface area contributed by atoms with E-state index in [1.165, 1.54) is 16.7 Å². The lowest BCUT2D eigenvalue weighted by Gasteiger charge is -2.26. The molecule has 1 N–H and O–H groups in total. The summed E-state index contributed by atoms with van der Waals surface area (Å²) >= 11 is 0. The summed E-state index contributed by atoms with van der Waals surface area (Å²) in [4.78, 5) is 14.0. The monoisotopic (exact) mass is 439 g/mol. The van der Waals surface area contributed by atoms with Crippen molar-refractivity contribution in [1.82, 2.24) is 4.90 Å². The van der Waals surface area contributed by atoms with Gasteiger partial charge in [0.15, 0.2) is 0 Å². The summed E-state index contributed by atoms with van der Waals surface area (Å²) in [6.45, 7) is 5.44. The van der Waals surface area contributed by atoms with Crippen LogP contribution in [-0.4, -0.2) is 61.5 Å². The Morgan fingerprint density at radius 1 is 1.28 bits per heavy atom. The van der Waals surface area contributed by atoms with Crippen LogP contribution in [0, 0.1) is 24.7 Å². The predicted octanol–water partition coefficient (Wildman–Crippen LogP) is 3.69. The molecule has 1 saturated heterocycles. The first-order valence-electron chi connectivity index (χ1n) is 12.1. The quantitative estimate of drug-likeness (QED) is 0.471. The molecule has 1 aliphatic heterocycles. The zero-order chi connectivity index (χ0) is 22.3. The number of nitrogens with zero attached hydrogens (tertiary/aromatic N) is 1. The van der Waals surface area contributed by atoms with Crippen molar-refractivity contribution in [2.45, 2.75) is 45.1 Å². The fraction of sp³-hybridized carbons (Fsp3) is 0.593. The largest absolute Gasteiger partial charge is 0.392 e. The van der Waals surface area contributed by atoms with Crippen molar-refractivity contribution in [3.05, 3.63) is 59.2 Å². The minimum absolute atomic E-state index is 0.0598. The molecule has 0 radical (unpaired) electrons. The van der Waals surface area contributed by atoms with Crippen LogP contribution in [0.5, 0.6) is 0 Å². The van der Waals surface area contributed by atoms with Gasteiger partial charge in [0, 0.05) is 19.0 Å². The number of allylic oxidation sites excluding steroid dienone is 2. The number of hydrogen-bond acceptors (Lipinski definition) is 4. The Bertz CT molecular complexity index is 827. The first-order valence-corrected chi connectivity index (χ1v) is 12.1. The third-order valence-electron chi connectivity index (χ3n) is 7.15. The number of aliphatic hydroxyl groups is 1. The molecule has 4 atom stereocenters. The Morgan fingerprint density at radius 3 is 2.94 bits per heavy atom. The maximum Gasteiger partial charge on any atom is 0.248 e. The summed E-state index contributed by atoms with van der Waals surface area (Å²) in [6, 6.07) is 8.68. The molecule has 2 fully saturated rings. The van der Waals surface area contributed by atoms with Gasteiger partial charge in [-0.1, -0.05) is 53.6 Å². The molecular weight excluding hydrogens is 402 g/mol. The Kier molecular flexibility index (Phi) is 8.17. The molecule has 1 aromatic carbocycles. The highest BCUT2D eigenvalue weighted by Gasteiger charge is 2.43. The van der Waals surface area contributed by atoms with Gasteiger partial charge in [-0.15, -0.1) is 0 Å². The topological polar surface area (TPSA) is 59.0 Å². The Balaban J connectivity index is 1.17. The van der Waals surface area contributed by atoms with Crippen LogP contribution >= 0.6 is 0 Å². The maximum atomic E-state index is 12.2. The van der Waals surface area contributed by atoms with Gasteiger partial charge in [-0.25, -0.2) is 0 Å². The number of amides is 1. The predicted molar refractivity (Wildman–Crippen MR) is 125 cm³/mol. The zero-order valence-electron chi connectivity index (χ0n) is 19.2. The van der Waals surface area contributed by atoms with Gasteiger partial charge in [0.25, 0.3) is 0 Å². The summed E-state index contributed by atoms with van der Waals surface area (Å²) in [5.41, 5.74) is 4.10. The van der Waals surface area contributed by atoms with Crippen molar-refractivity contribution in [3.8, 4) is 0 Å². The Labute approximate surface area is 192 Å². The summed E-state index contributed by atoms with van der Waals surface area (Å²) in [7, 11) is 0. The number of rotatable bonds is 9. The van der Waals surface area contributed by atoms with Crippen LogP contribution < -0.4 is 0 Å². The molecule has 0 aromatic heterocycles. The third kappa shape index (κ3) is 6.09. The van der Waals surface area contributed by atoms with Crippen molar-refractivity contribution in [1.29, 1.82) is 0 Å². The van der Waals surface area contributed by atoms with Crippen LogP contribution in [0.25, 0.3) is 0 Å². The van der Waals surface area contributed by atoms with E-state index in [4.69, 9.17) is 9.47 Å². The van der Waals surface area contributed by atoms with Gasteiger partial charge in [0.05, 0.1) is 25.9 Å². The van der Waals surface area contributed by atoms with Crippen LogP contribution in [0.3, 0.4) is 0 Å². The first-order chi connectivity index (χ1) is 15.6. The highest BCUT2D eigenvalue weighted by molar-refractivity contribution is 5.77. The Hall–Kier alpha value is -1.95. The molecule has 5 nitrogen and oxygen atoms in total. The zero-order valence-corrected chi connectivity index (χ0v) is 19.2. The van der Waals surface area contributed by atoms with E-state index < -0.39 is 0 Å². The van der Waals surface area contributed by atoms with Gasteiger partial charge in [0.1, 0.15) is 6.61 Å². The molecule has 2 aliphatic carbocycles. The number of morpholine rings is 1. The molecule has 1 heterocycles. The molecule has 0 spiro atoms. The van der Waals surface area contributed by atoms with Crippen molar-refractivity contribution in [2.75, 3.05) is 39.5 Å². The summed E-state index contributed by atoms with van der Waals surface area (Å²) in [6.07, 6.45) is 11.5. The number of hydrogen-bond donors (Lipinski definition) is 1. The standard InChI is InChI=1S/C27H37NO4/c1-20-5-4-7-21(15-20)6-2-3-8-24-25-17-22(16-23(25)18-26(24)29)9-12-32-19-27(30)28-10-13-31-14-11-28/h3-5,7-8,15-16,23-26,29H,2,6,9-14,17-19H2,1H3/b8-3+/t23-,24+,25-,26+/m0/s1. The van der Waals surface area contributed by atoms with E-state index in [1.54, 1.807) is 0 Å². The molecule has 1 aromatic rings. The number of fused-ring (bicyclic) bond motifs is 1. The van der Waals surface area contributed by atoms with E-state index >= 15 is 0 Å². The first kappa shape index (κ1) is 23.2. The minimum atomic E-state index is -0.236. The molecule has 5 heteroatoms. The number of benzene rings is 1. The van der Waals surface area contributed by atoms with Crippen LogP contribution in [0.2, 0.25) is 0 Å². The second kappa shape index (κ2) is 11.3. The molecule has 0 bridgehead atoms. The second-order valence-corrected chi connectivity index (χ2v) is 9.49. The van der Waals surface area contributed by atoms with E-state index in [0.717, 1.165) is 32.1 Å². The fourth-order valence-corrected chi connectivity index (χ4v) is 5.43. The molecular formula is C27H37NO4. The van der Waals surface area contributed by atoms with Crippen molar-refractivity contribution in [2.24, 2.45) is 17.8 Å². The van der Waals surface area contributed by atoms with Crippen LogP contribution in [-0.2, 0) is 20.7 Å². The third-order valence-corrected chi connectivity index (χ3v) is 7.15. The molecule has 1 amide bonds. The van der Waals surface area contributed by atoms with E-state index in [-0.39, 0.29) is 24.5 Å². The van der Waals surface area contributed by atoms with Crippen molar-refractivity contribution >= 4 is 5.91 Å². The van der Waals surface area contributed by atoms with Crippen LogP contribution in [0.15, 0.2) is 48.1 Å². The molecule has 3 aliphatic rings. The van der Waals surface area contributed by atoms with E-state index in [1.807, 2.05) is 4.90 Å². The average molecular weight is 440 g/mol. The van der Waals surface area contributed by atoms with Crippen LogP contribution in [0.1, 0.15) is 36.8 Å². The van der Waals surface area contributed by atoms with Crippen molar-refractivity contribution in [3.63, 3.8) is 0 Å². The van der Waals surface area contributed by atoms with E-state index in [0.29, 0.717) is 44.7 Å². The highest BCUT2D eigenvalue weighted by Crippen LogP contribution is 2.47. The summed E-state index contributed by atoms with van der Waals surface area (Å²) in [5.74, 6) is 1.28. The molecule has 174 valence electrons. The SMILES string of the molecule is Cc1cccc(CC/C=C/[C@@H]2[C@H]3CC(CCOCC(=O)N4CCOCC4)=C[C@H]3C[C@H]2O)c1. The lowest BCUT2D eigenvalue weighted by molar-refractivity contribution is -0.140. The fourth-order valence-electron chi connectivity index (χ4n) is 5.43. The number of aliphatic hydroxyl groups excluding tert-OH is 1. The van der Waals surface area contributed by atoms with Gasteiger partial charge in [0.2, 0.25) is 5.91 Å². The molecule has 0 unspecified atom stereocenters. The maximum absolute atomic E-state index is 12.2. The lowest BCUT2D eigenvalue weighted by Crippen LogP contribution is -2.42. The summed E-state index contributed by atoms with van der Waals surface area (Å²) in [5, 5.41) is 10.6. The smallest absolute Gasteiger partial charge is 0.248 e. The van der Waals surface area contributed by atoms with Gasteiger partial charge in [-0.05, 0) is 56.4 Å². The summed E-state index contributed by atoms with van der Waals surface area (Å²) < 4.78 is 11.0. The number of carbonyl (C=O) groups excluding carboxylic acids is 1. The molecule has 4 rings (SSSR count). The van der Waals surface area contributed by atoms with Gasteiger partial charge >= 0.3 is 0 Å². The second-order valence-electron chi connectivity index (χ2n) is 9.49. The number of ether oxygens (including phenoxy) is 2. The van der Waals surface area contributed by atoms with Gasteiger partial charge in [-0.3, -0.25) is 4.79 Å².